The zero-order valence-corrected chi connectivity index (χ0v) is 25.1. The molecule has 0 bridgehead atoms. The summed E-state index contributed by atoms with van der Waals surface area (Å²) in [5.41, 5.74) is 6.06. The maximum Gasteiger partial charge on any atom is 0.116 e. The minimum absolute atomic E-state index is 0. The lowest BCUT2D eigenvalue weighted by atomic mass is 9.85. The van der Waals surface area contributed by atoms with E-state index in [0.717, 1.165) is 6.16 Å². The second-order valence-electron chi connectivity index (χ2n) is 10.6. The van der Waals surface area contributed by atoms with E-state index in [9.17, 15) is 0 Å². The molecule has 0 saturated carbocycles. The average molecular weight is 560 g/mol. The fourth-order valence-corrected chi connectivity index (χ4v) is 9.62. The Balaban J connectivity index is 0.00000361. The lowest BCUT2D eigenvalue weighted by Gasteiger charge is -2.31. The molecule has 36 heavy (non-hydrogen) atoms. The van der Waals surface area contributed by atoms with E-state index in [1.165, 1.54) is 32.6 Å². The predicted octanol–water partition coefficient (Wildman–Crippen LogP) is 5.55. The quantitative estimate of drug-likeness (QED) is 0.248. The maximum absolute atomic E-state index is 2.51. The molecule has 0 aliphatic heterocycles. The minimum atomic E-state index is -1.95. The normalized spacial score (nSPS) is 11.7. The van der Waals surface area contributed by atoms with E-state index in [0.29, 0.717) is 17.8 Å². The van der Waals surface area contributed by atoms with Gasteiger partial charge >= 0.3 is 0 Å². The van der Waals surface area contributed by atoms with Crippen LogP contribution in [0.5, 0.6) is 0 Å². The molecule has 4 rings (SSSR count). The smallest absolute Gasteiger partial charge is 0.116 e. The fraction of sp³-hybridized carbons (Fsp3) is 0.294. The molecule has 4 aromatic rings. The van der Waals surface area contributed by atoms with Gasteiger partial charge in [0.2, 0.25) is 0 Å². The van der Waals surface area contributed by atoms with E-state index in [2.05, 4.69) is 145 Å². The van der Waals surface area contributed by atoms with E-state index in [4.69, 9.17) is 0 Å². The highest BCUT2D eigenvalue weighted by Gasteiger charge is 2.46. The van der Waals surface area contributed by atoms with Gasteiger partial charge in [-0.25, -0.2) is 0 Å². The van der Waals surface area contributed by atoms with Gasteiger partial charge in [-0.15, -0.1) is 0 Å². The largest absolute Gasteiger partial charge is 1.00 e. The summed E-state index contributed by atoms with van der Waals surface area (Å²) >= 11 is 0. The van der Waals surface area contributed by atoms with Crippen molar-refractivity contribution in [2.45, 2.75) is 65.5 Å². The molecule has 188 valence electrons. The zero-order valence-electron chi connectivity index (χ0n) is 22.6. The van der Waals surface area contributed by atoms with E-state index in [1.807, 2.05) is 0 Å². The summed E-state index contributed by atoms with van der Waals surface area (Å²) in [5, 5.41) is 4.36. The van der Waals surface area contributed by atoms with Crippen LogP contribution in [0.2, 0.25) is 0 Å². The molecule has 0 atom stereocenters. The van der Waals surface area contributed by atoms with Crippen molar-refractivity contribution in [2.75, 3.05) is 0 Å². The molecule has 0 spiro atoms. The first-order valence-corrected chi connectivity index (χ1v) is 15.0. The third-order valence-electron chi connectivity index (χ3n) is 7.24. The Bertz CT molecular complexity index is 1100. The Kier molecular flexibility index (Phi) is 9.73. The van der Waals surface area contributed by atoms with Crippen LogP contribution in [0.25, 0.3) is 0 Å². The van der Waals surface area contributed by atoms with Gasteiger partial charge < -0.3 is 17.0 Å². The van der Waals surface area contributed by atoms with Gasteiger partial charge in [0.1, 0.15) is 23.2 Å². The van der Waals surface area contributed by atoms with Gasteiger partial charge in [-0.05, 0) is 76.4 Å². The van der Waals surface area contributed by atoms with Crippen molar-refractivity contribution >= 4 is 23.2 Å². The molecule has 0 aliphatic rings. The van der Waals surface area contributed by atoms with Crippen molar-refractivity contribution in [3.05, 3.63) is 125 Å². The summed E-state index contributed by atoms with van der Waals surface area (Å²) in [6, 6.07) is 38.9. The van der Waals surface area contributed by atoms with Crippen molar-refractivity contribution in [2.24, 2.45) is 0 Å². The minimum Gasteiger partial charge on any atom is -1.00 e. The first-order valence-electron chi connectivity index (χ1n) is 13.1. The van der Waals surface area contributed by atoms with Crippen LogP contribution in [-0.4, -0.2) is 0 Å². The predicted molar refractivity (Wildman–Crippen MR) is 158 cm³/mol. The maximum atomic E-state index is 2.51. The van der Waals surface area contributed by atoms with Crippen LogP contribution in [0.1, 0.15) is 81.5 Å². The monoisotopic (exact) mass is 558 g/mol. The van der Waals surface area contributed by atoms with Crippen molar-refractivity contribution in [3.63, 3.8) is 0 Å². The lowest BCUT2D eigenvalue weighted by molar-refractivity contribution is -0.00000737. The summed E-state index contributed by atoms with van der Waals surface area (Å²) in [6.07, 6.45) is 1.05. The van der Waals surface area contributed by atoms with Crippen LogP contribution < -0.4 is 32.9 Å². The zero-order chi connectivity index (χ0) is 25.0. The number of hydrogen-bond acceptors (Lipinski definition) is 0. The van der Waals surface area contributed by atoms with Crippen LogP contribution in [0.4, 0.5) is 0 Å². The number of halogens is 1. The van der Waals surface area contributed by atoms with Crippen LogP contribution in [-0.2, 0) is 6.16 Å². The van der Waals surface area contributed by atoms with Crippen molar-refractivity contribution < 1.29 is 17.0 Å². The van der Waals surface area contributed by atoms with Gasteiger partial charge in [0.15, 0.2) is 0 Å². The molecule has 0 unspecified atom stereocenters. The lowest BCUT2D eigenvalue weighted by Crippen LogP contribution is -3.00. The molecule has 4 aromatic carbocycles. The second-order valence-corrected chi connectivity index (χ2v) is 14.1. The molecule has 0 heterocycles. The highest BCUT2D eigenvalue weighted by atomic mass is 79.9. The highest BCUT2D eigenvalue weighted by Crippen LogP contribution is 2.59. The van der Waals surface area contributed by atoms with E-state index in [-0.39, 0.29) is 17.0 Å². The van der Waals surface area contributed by atoms with Crippen LogP contribution in [0.3, 0.4) is 0 Å². The van der Waals surface area contributed by atoms with Gasteiger partial charge in [0.25, 0.3) is 0 Å². The number of hydrogen-bond donors (Lipinski definition) is 0. The molecular weight excluding hydrogens is 519 g/mol. The second kappa shape index (κ2) is 12.4. The van der Waals surface area contributed by atoms with Gasteiger partial charge in [-0.2, -0.15) is 0 Å². The Morgan fingerprint density at radius 1 is 0.500 bits per heavy atom. The Morgan fingerprint density at radius 3 is 1.11 bits per heavy atom. The standard InChI is InChI=1S/C34H40P.BrH/c1-25(2)28-22-32(26(3)4)34(33(23-28)27(5)6)24-35(29-16-10-7-11-17-29,30-18-12-8-13-19-30)31-20-14-9-15-21-31;/h7-23,25-27H,24H2,1-6H3;1H/q+1;/p-1. The van der Waals surface area contributed by atoms with Crippen molar-refractivity contribution in [1.29, 1.82) is 0 Å². The molecule has 0 N–H and O–H groups in total. The van der Waals surface area contributed by atoms with E-state index >= 15 is 0 Å². The molecule has 0 saturated heterocycles. The molecule has 0 aliphatic carbocycles. The first-order chi connectivity index (χ1) is 16.8. The third kappa shape index (κ3) is 5.69. The van der Waals surface area contributed by atoms with Crippen molar-refractivity contribution in [3.8, 4) is 0 Å². The Morgan fingerprint density at radius 2 is 0.833 bits per heavy atom. The Hall–Kier alpha value is -2.21. The summed E-state index contributed by atoms with van der Waals surface area (Å²) in [7, 11) is -1.95. The van der Waals surface area contributed by atoms with Gasteiger partial charge in [0, 0.05) is 0 Å². The van der Waals surface area contributed by atoms with Crippen LogP contribution >= 0.6 is 7.26 Å². The molecule has 0 nitrogen and oxygen atoms in total. The topological polar surface area (TPSA) is 0 Å². The molecular formula is C34H40BrP. The van der Waals surface area contributed by atoms with E-state index < -0.39 is 7.26 Å². The third-order valence-corrected chi connectivity index (χ3v) is 11.6. The molecule has 0 amide bonds. The van der Waals surface area contributed by atoms with Gasteiger partial charge in [0.05, 0.1) is 6.16 Å². The number of benzene rings is 4. The average Bonchev–Trinajstić information content (AvgIpc) is 2.88. The van der Waals surface area contributed by atoms with Gasteiger partial charge in [-0.1, -0.05) is 108 Å². The van der Waals surface area contributed by atoms with E-state index in [1.54, 1.807) is 5.56 Å². The first kappa shape index (κ1) is 28.4. The summed E-state index contributed by atoms with van der Waals surface area (Å²) < 4.78 is 0. The van der Waals surface area contributed by atoms with Crippen molar-refractivity contribution in [1.82, 2.24) is 0 Å². The summed E-state index contributed by atoms with van der Waals surface area (Å²) in [6.45, 7) is 14.1. The summed E-state index contributed by atoms with van der Waals surface area (Å²) in [5.74, 6) is 1.48. The number of rotatable bonds is 8. The molecule has 0 aromatic heterocycles. The van der Waals surface area contributed by atoms with Crippen LogP contribution in [0.15, 0.2) is 103 Å². The highest BCUT2D eigenvalue weighted by molar-refractivity contribution is 7.95. The fourth-order valence-electron chi connectivity index (χ4n) is 5.29. The SMILES string of the molecule is CC(C)c1cc(C(C)C)c(C[P+](c2ccccc2)(c2ccccc2)c2ccccc2)c(C(C)C)c1.[Br-]. The molecule has 0 radical (unpaired) electrons. The molecule has 2 heteroatoms. The Labute approximate surface area is 230 Å². The molecule has 0 fully saturated rings. The van der Waals surface area contributed by atoms with Crippen LogP contribution in [0, 0.1) is 0 Å². The summed E-state index contributed by atoms with van der Waals surface area (Å²) in [4.78, 5) is 0. The van der Waals surface area contributed by atoms with Gasteiger partial charge in [-0.3, -0.25) is 0 Å².